The van der Waals surface area contributed by atoms with Gasteiger partial charge in [0.1, 0.15) is 23.5 Å². The second-order valence-electron chi connectivity index (χ2n) is 13.1. The zero-order chi connectivity index (χ0) is 31.3. The fraction of sp³-hybridized carbons (Fsp3) is 0.441. The second kappa shape index (κ2) is 11.4. The number of ether oxygens (including phenoxy) is 1. The molecule has 232 valence electrons. The van der Waals surface area contributed by atoms with Crippen LogP contribution in [-0.2, 0) is 10.2 Å². The van der Waals surface area contributed by atoms with Crippen LogP contribution in [0.1, 0.15) is 62.8 Å². The Morgan fingerprint density at radius 2 is 1.95 bits per heavy atom. The number of piperazine rings is 1. The van der Waals surface area contributed by atoms with Crippen molar-refractivity contribution in [3.05, 3.63) is 58.5 Å². The molecular formula is C34H43N7O3. The largest absolute Gasteiger partial charge is 0.496 e. The van der Waals surface area contributed by atoms with Crippen LogP contribution in [0.4, 0.5) is 11.5 Å². The highest BCUT2D eigenvalue weighted by molar-refractivity contribution is 6.24. The maximum atomic E-state index is 13.2. The molecule has 0 bridgehead atoms. The van der Waals surface area contributed by atoms with Crippen molar-refractivity contribution in [2.75, 3.05) is 43.9 Å². The van der Waals surface area contributed by atoms with E-state index >= 15 is 0 Å². The molecule has 4 N–H and O–H groups in total. The van der Waals surface area contributed by atoms with Crippen LogP contribution in [0.25, 0.3) is 22.0 Å². The summed E-state index contributed by atoms with van der Waals surface area (Å²) in [6.07, 6.45) is -0.131. The van der Waals surface area contributed by atoms with Gasteiger partial charge in [0.2, 0.25) is 5.91 Å². The summed E-state index contributed by atoms with van der Waals surface area (Å²) in [4.78, 5) is 24.0. The van der Waals surface area contributed by atoms with Crippen LogP contribution < -0.4 is 20.7 Å². The minimum atomic E-state index is -0.212. The van der Waals surface area contributed by atoms with Gasteiger partial charge in [-0.2, -0.15) is 0 Å². The van der Waals surface area contributed by atoms with Gasteiger partial charge in [-0.1, -0.05) is 32.0 Å². The summed E-state index contributed by atoms with van der Waals surface area (Å²) >= 11 is 0. The van der Waals surface area contributed by atoms with Crippen molar-refractivity contribution in [2.24, 2.45) is 4.99 Å². The van der Waals surface area contributed by atoms with Crippen LogP contribution in [0, 0.1) is 13.8 Å². The van der Waals surface area contributed by atoms with Crippen molar-refractivity contribution in [3.8, 4) is 16.9 Å². The predicted molar refractivity (Wildman–Crippen MR) is 176 cm³/mol. The molecule has 1 saturated heterocycles. The Hall–Kier alpha value is -4.15. The van der Waals surface area contributed by atoms with E-state index in [9.17, 15) is 4.79 Å². The molecule has 0 spiro atoms. The molecular weight excluding hydrogens is 554 g/mol. The lowest BCUT2D eigenvalue weighted by molar-refractivity contribution is -0.117. The molecule has 6 rings (SSSR count). The summed E-state index contributed by atoms with van der Waals surface area (Å²) in [6.45, 7) is 17.6. The number of anilines is 2. The van der Waals surface area contributed by atoms with Crippen molar-refractivity contribution >= 4 is 34.0 Å². The SMILES string of the molecule is COc1cc2c3c([nH]c2cc1-c1c(C)noc1C)NC(C)N=C3c1ccc(NC(=O)CN2CCN[C@H](C)C2)c(C(C)(C)C)c1. The van der Waals surface area contributed by atoms with Gasteiger partial charge in [0.15, 0.2) is 0 Å². The lowest BCUT2D eigenvalue weighted by Crippen LogP contribution is -2.51. The molecule has 0 aliphatic carbocycles. The number of aromatic amines is 1. The number of aromatic nitrogens is 2. The number of hydrogen-bond donors (Lipinski definition) is 4. The lowest BCUT2D eigenvalue weighted by atomic mass is 9.83. The van der Waals surface area contributed by atoms with E-state index in [0.717, 1.165) is 92.8 Å². The second-order valence-corrected chi connectivity index (χ2v) is 13.1. The van der Waals surface area contributed by atoms with Gasteiger partial charge >= 0.3 is 0 Å². The van der Waals surface area contributed by atoms with Gasteiger partial charge in [0, 0.05) is 53.4 Å². The highest BCUT2D eigenvalue weighted by Crippen LogP contribution is 2.42. The third-order valence-electron chi connectivity index (χ3n) is 8.53. The molecule has 2 aliphatic rings. The number of aliphatic imine (C=N–C) groups is 1. The molecule has 4 aromatic rings. The Kier molecular flexibility index (Phi) is 7.75. The lowest BCUT2D eigenvalue weighted by Gasteiger charge is -2.31. The minimum Gasteiger partial charge on any atom is -0.496 e. The number of amides is 1. The first-order chi connectivity index (χ1) is 20.9. The molecule has 2 atom stereocenters. The van der Waals surface area contributed by atoms with Crippen LogP contribution in [0.2, 0.25) is 0 Å². The molecule has 1 unspecified atom stereocenters. The quantitative estimate of drug-likeness (QED) is 0.229. The van der Waals surface area contributed by atoms with Crippen molar-refractivity contribution in [3.63, 3.8) is 0 Å². The maximum absolute atomic E-state index is 13.2. The van der Waals surface area contributed by atoms with E-state index in [1.54, 1.807) is 7.11 Å². The molecule has 1 amide bonds. The third kappa shape index (κ3) is 5.59. The number of hydrogen-bond acceptors (Lipinski definition) is 8. The number of carbonyl (C=O) groups is 1. The monoisotopic (exact) mass is 597 g/mol. The van der Waals surface area contributed by atoms with Crippen LogP contribution in [-0.4, -0.2) is 72.2 Å². The normalized spacial score (nSPS) is 19.0. The Labute approximate surface area is 258 Å². The smallest absolute Gasteiger partial charge is 0.238 e. The zero-order valence-electron chi connectivity index (χ0n) is 26.9. The highest BCUT2D eigenvalue weighted by atomic mass is 16.5. The molecule has 44 heavy (non-hydrogen) atoms. The molecule has 1 fully saturated rings. The van der Waals surface area contributed by atoms with E-state index in [4.69, 9.17) is 14.3 Å². The number of carbonyl (C=O) groups excluding carboxylic acids is 1. The number of rotatable bonds is 6. The van der Waals surface area contributed by atoms with Gasteiger partial charge in [-0.15, -0.1) is 0 Å². The first-order valence-electron chi connectivity index (χ1n) is 15.3. The first kappa shape index (κ1) is 29.9. The maximum Gasteiger partial charge on any atom is 0.238 e. The predicted octanol–water partition coefficient (Wildman–Crippen LogP) is 5.59. The number of methoxy groups -OCH3 is 1. The number of H-pyrrole nitrogens is 1. The van der Waals surface area contributed by atoms with Gasteiger partial charge in [-0.25, -0.2) is 0 Å². The number of fused-ring (bicyclic) bond motifs is 3. The van der Waals surface area contributed by atoms with E-state index in [1.807, 2.05) is 26.8 Å². The summed E-state index contributed by atoms with van der Waals surface area (Å²) in [7, 11) is 1.68. The van der Waals surface area contributed by atoms with Crippen LogP contribution in [0.5, 0.6) is 5.75 Å². The molecule has 4 heterocycles. The van der Waals surface area contributed by atoms with Crippen molar-refractivity contribution < 1.29 is 14.1 Å². The minimum absolute atomic E-state index is 0.00490. The zero-order valence-corrected chi connectivity index (χ0v) is 26.9. The number of nitrogens with zero attached hydrogens (tertiary/aromatic N) is 3. The van der Waals surface area contributed by atoms with E-state index in [2.05, 4.69) is 83.0 Å². The molecule has 2 aromatic carbocycles. The molecule has 0 radical (unpaired) electrons. The van der Waals surface area contributed by atoms with Crippen molar-refractivity contribution in [2.45, 2.75) is 66.1 Å². The third-order valence-corrected chi connectivity index (χ3v) is 8.53. The topological polar surface area (TPSA) is 120 Å². The van der Waals surface area contributed by atoms with E-state index < -0.39 is 0 Å². The molecule has 2 aromatic heterocycles. The van der Waals surface area contributed by atoms with Crippen LogP contribution >= 0.6 is 0 Å². The summed E-state index contributed by atoms with van der Waals surface area (Å²) < 4.78 is 11.4. The fourth-order valence-electron chi connectivity index (χ4n) is 6.50. The number of benzene rings is 2. The summed E-state index contributed by atoms with van der Waals surface area (Å²) in [5.74, 6) is 2.40. The van der Waals surface area contributed by atoms with E-state index in [0.29, 0.717) is 12.6 Å². The molecule has 0 saturated carbocycles. The van der Waals surface area contributed by atoms with Crippen LogP contribution in [0.15, 0.2) is 39.8 Å². The Balaban J connectivity index is 1.39. The van der Waals surface area contributed by atoms with E-state index in [-0.39, 0.29) is 17.5 Å². The first-order valence-corrected chi connectivity index (χ1v) is 15.3. The Morgan fingerprint density at radius 1 is 1.16 bits per heavy atom. The van der Waals surface area contributed by atoms with Gasteiger partial charge in [-0.3, -0.25) is 14.7 Å². The summed E-state index contributed by atoms with van der Waals surface area (Å²) in [6, 6.07) is 10.8. The average Bonchev–Trinajstić information content (AvgIpc) is 3.48. The van der Waals surface area contributed by atoms with Gasteiger partial charge in [-0.05, 0) is 62.9 Å². The van der Waals surface area contributed by atoms with Crippen LogP contribution in [0.3, 0.4) is 0 Å². The van der Waals surface area contributed by atoms with Crippen molar-refractivity contribution in [1.82, 2.24) is 20.4 Å². The average molecular weight is 598 g/mol. The molecule has 2 aliphatic heterocycles. The summed E-state index contributed by atoms with van der Waals surface area (Å²) in [5.41, 5.74) is 8.19. The van der Waals surface area contributed by atoms with Crippen molar-refractivity contribution in [1.29, 1.82) is 0 Å². The Morgan fingerprint density at radius 3 is 2.64 bits per heavy atom. The van der Waals surface area contributed by atoms with Gasteiger partial charge in [0.05, 0.1) is 36.2 Å². The summed E-state index contributed by atoms with van der Waals surface area (Å²) in [5, 5.41) is 15.3. The standard InChI is InChI=1S/C34H43N7O3/c1-18-16-41(12-11-35-18)17-29(42)38-26-10-9-22(13-25(26)34(5,6)7)32-31-23-15-28(43-8)24(30-19(2)40-44-20(30)3)14-27(23)39-33(31)37-21(4)36-32/h9-10,13-15,18,21,35,37,39H,11-12,16-17H2,1-8H3,(H,38,42)/t18-,21?/m1/s1. The number of aryl methyl sites for hydroxylation is 2. The highest BCUT2D eigenvalue weighted by Gasteiger charge is 2.29. The molecule has 10 heteroatoms. The van der Waals surface area contributed by atoms with Gasteiger partial charge < -0.3 is 30.2 Å². The fourth-order valence-corrected chi connectivity index (χ4v) is 6.50. The van der Waals surface area contributed by atoms with Gasteiger partial charge in [0.25, 0.3) is 0 Å². The number of nitrogens with one attached hydrogen (secondary N) is 4. The van der Waals surface area contributed by atoms with E-state index in [1.165, 1.54) is 0 Å². The Bertz CT molecular complexity index is 1740. The molecule has 10 nitrogen and oxygen atoms in total.